The number of hydrogen-bond acceptors (Lipinski definition) is 5. The van der Waals surface area contributed by atoms with Gasteiger partial charge >= 0.3 is 5.97 Å². The predicted molar refractivity (Wildman–Crippen MR) is 101 cm³/mol. The highest BCUT2D eigenvalue weighted by Crippen LogP contribution is 2.44. The fraction of sp³-hybridized carbons (Fsp3) is 0.409. The minimum absolute atomic E-state index is 0.0497. The zero-order valence-electron chi connectivity index (χ0n) is 16.0. The highest BCUT2D eigenvalue weighted by atomic mass is 16.6. The molecule has 2 aromatic rings. The monoisotopic (exact) mass is 367 g/mol. The summed E-state index contributed by atoms with van der Waals surface area (Å²) in [5.41, 5.74) is 3.93. The van der Waals surface area contributed by atoms with Gasteiger partial charge in [0.05, 0.1) is 18.8 Å². The molecule has 1 fully saturated rings. The molecule has 2 bridgehead atoms. The van der Waals surface area contributed by atoms with E-state index in [-0.39, 0.29) is 30.6 Å². The third-order valence-corrected chi connectivity index (χ3v) is 5.10. The minimum Gasteiger partial charge on any atom is -0.446 e. The zero-order valence-corrected chi connectivity index (χ0v) is 16.0. The smallest absolute Gasteiger partial charge is 0.339 e. The Bertz CT molecular complexity index is 792. The number of hydrogen-bond donors (Lipinski definition) is 0. The van der Waals surface area contributed by atoms with Crippen molar-refractivity contribution in [1.82, 2.24) is 4.90 Å². The maximum atomic E-state index is 12.5. The van der Waals surface area contributed by atoms with Crippen LogP contribution in [0, 0.1) is 0 Å². The first-order valence-corrected chi connectivity index (χ1v) is 9.30. The van der Waals surface area contributed by atoms with Crippen LogP contribution in [0.25, 0.3) is 0 Å². The van der Waals surface area contributed by atoms with Gasteiger partial charge in [-0.05, 0) is 23.1 Å². The van der Waals surface area contributed by atoms with Gasteiger partial charge in [-0.1, -0.05) is 57.2 Å². The van der Waals surface area contributed by atoms with Crippen LogP contribution in [0.2, 0.25) is 0 Å². The SMILES string of the molecule is CC(C)(C)c1ccc(C(=O)OCN2C3OCCOC2c2ccccc23)cc1. The van der Waals surface area contributed by atoms with E-state index in [9.17, 15) is 4.79 Å². The van der Waals surface area contributed by atoms with Crippen molar-refractivity contribution in [2.24, 2.45) is 0 Å². The van der Waals surface area contributed by atoms with Crippen molar-refractivity contribution in [2.75, 3.05) is 19.9 Å². The number of benzene rings is 2. The van der Waals surface area contributed by atoms with Crippen LogP contribution in [0.1, 0.15) is 60.3 Å². The molecule has 0 N–H and O–H groups in total. The fourth-order valence-corrected chi connectivity index (χ4v) is 3.59. The van der Waals surface area contributed by atoms with Gasteiger partial charge in [-0.3, -0.25) is 0 Å². The van der Waals surface area contributed by atoms with Gasteiger partial charge in [0.15, 0.2) is 0 Å². The zero-order chi connectivity index (χ0) is 19.0. The number of rotatable bonds is 3. The lowest BCUT2D eigenvalue weighted by Gasteiger charge is -2.26. The summed E-state index contributed by atoms with van der Waals surface area (Å²) in [6, 6.07) is 15.6. The molecular formula is C22H25NO4. The van der Waals surface area contributed by atoms with Crippen molar-refractivity contribution in [1.29, 1.82) is 0 Å². The molecule has 0 aliphatic carbocycles. The highest BCUT2D eigenvalue weighted by Gasteiger charge is 2.42. The lowest BCUT2D eigenvalue weighted by Crippen LogP contribution is -2.30. The van der Waals surface area contributed by atoms with Crippen molar-refractivity contribution >= 4 is 5.97 Å². The predicted octanol–water partition coefficient (Wildman–Crippen LogP) is 4.16. The Kier molecular flexibility index (Phi) is 4.76. The van der Waals surface area contributed by atoms with Gasteiger partial charge in [-0.15, -0.1) is 0 Å². The summed E-state index contributed by atoms with van der Waals surface area (Å²) in [6.45, 7) is 7.60. The highest BCUT2D eigenvalue weighted by molar-refractivity contribution is 5.89. The molecule has 2 aliphatic rings. The molecular weight excluding hydrogens is 342 g/mol. The number of carbonyl (C=O) groups is 1. The Morgan fingerprint density at radius 2 is 1.56 bits per heavy atom. The van der Waals surface area contributed by atoms with Gasteiger partial charge in [-0.2, -0.15) is 0 Å². The van der Waals surface area contributed by atoms with Crippen LogP contribution in [0.15, 0.2) is 48.5 Å². The van der Waals surface area contributed by atoms with Gasteiger partial charge < -0.3 is 14.2 Å². The fourth-order valence-electron chi connectivity index (χ4n) is 3.59. The number of esters is 1. The summed E-state index contributed by atoms with van der Waals surface area (Å²) < 4.78 is 17.5. The lowest BCUT2D eigenvalue weighted by molar-refractivity contribution is -0.125. The quantitative estimate of drug-likeness (QED) is 0.763. The summed E-state index contributed by atoms with van der Waals surface area (Å²) in [6.07, 6.45) is -0.491. The molecule has 2 aromatic carbocycles. The molecule has 2 heterocycles. The van der Waals surface area contributed by atoms with Crippen molar-refractivity contribution in [3.8, 4) is 0 Å². The van der Waals surface area contributed by atoms with E-state index in [1.165, 1.54) is 5.56 Å². The van der Waals surface area contributed by atoms with E-state index in [0.29, 0.717) is 18.8 Å². The molecule has 2 unspecified atom stereocenters. The van der Waals surface area contributed by atoms with Crippen LogP contribution in [0.5, 0.6) is 0 Å². The summed E-state index contributed by atoms with van der Waals surface area (Å²) in [4.78, 5) is 14.5. The Morgan fingerprint density at radius 3 is 2.07 bits per heavy atom. The van der Waals surface area contributed by atoms with Crippen molar-refractivity contribution in [3.63, 3.8) is 0 Å². The first-order valence-electron chi connectivity index (χ1n) is 9.30. The second-order valence-electron chi connectivity index (χ2n) is 7.98. The maximum absolute atomic E-state index is 12.5. The van der Waals surface area contributed by atoms with Gasteiger partial charge in [-0.25, -0.2) is 9.69 Å². The molecule has 4 rings (SSSR count). The molecule has 1 saturated heterocycles. The van der Waals surface area contributed by atoms with E-state index in [2.05, 4.69) is 20.8 Å². The van der Waals surface area contributed by atoms with E-state index in [0.717, 1.165) is 11.1 Å². The number of nitrogens with zero attached hydrogens (tertiary/aromatic N) is 1. The Hall–Kier alpha value is -2.21. The minimum atomic E-state index is -0.344. The third kappa shape index (κ3) is 3.50. The average Bonchev–Trinajstić information content (AvgIpc) is 2.79. The molecule has 5 heteroatoms. The first kappa shape index (κ1) is 18.2. The number of ether oxygens (including phenoxy) is 3. The molecule has 0 radical (unpaired) electrons. The van der Waals surface area contributed by atoms with E-state index in [4.69, 9.17) is 14.2 Å². The van der Waals surface area contributed by atoms with Crippen molar-refractivity contribution < 1.29 is 19.0 Å². The van der Waals surface area contributed by atoms with Crippen molar-refractivity contribution in [3.05, 3.63) is 70.8 Å². The molecule has 0 aromatic heterocycles. The van der Waals surface area contributed by atoms with Gasteiger partial charge in [0.25, 0.3) is 0 Å². The van der Waals surface area contributed by atoms with Crippen LogP contribution in [0.4, 0.5) is 0 Å². The third-order valence-electron chi connectivity index (χ3n) is 5.10. The van der Waals surface area contributed by atoms with Crippen molar-refractivity contribution in [2.45, 2.75) is 38.6 Å². The molecule has 0 saturated carbocycles. The molecule has 2 aliphatic heterocycles. The Labute approximate surface area is 159 Å². The molecule has 27 heavy (non-hydrogen) atoms. The normalized spacial score (nSPS) is 22.2. The molecule has 5 nitrogen and oxygen atoms in total. The second kappa shape index (κ2) is 7.08. The largest absolute Gasteiger partial charge is 0.446 e. The van der Waals surface area contributed by atoms with E-state index < -0.39 is 0 Å². The Morgan fingerprint density at radius 1 is 1.00 bits per heavy atom. The topological polar surface area (TPSA) is 48.0 Å². The van der Waals surface area contributed by atoms with Gasteiger partial charge in [0.1, 0.15) is 19.2 Å². The molecule has 0 spiro atoms. The summed E-state index contributed by atoms with van der Waals surface area (Å²) in [7, 11) is 0. The average molecular weight is 367 g/mol. The summed E-state index contributed by atoms with van der Waals surface area (Å²) in [5, 5.41) is 0. The van der Waals surface area contributed by atoms with Crippen LogP contribution < -0.4 is 0 Å². The van der Waals surface area contributed by atoms with Crippen LogP contribution in [-0.2, 0) is 19.6 Å². The van der Waals surface area contributed by atoms with Crippen LogP contribution in [-0.4, -0.2) is 30.8 Å². The lowest BCUT2D eigenvalue weighted by atomic mass is 9.87. The standard InChI is InChI=1S/C22H25NO4/c1-22(2,3)16-10-8-15(9-11-16)21(24)27-14-23-19-17-6-4-5-7-18(17)20(23)26-13-12-25-19/h4-11,19-20H,12-14H2,1-3H3. The molecule has 0 amide bonds. The van der Waals surface area contributed by atoms with E-state index in [1.807, 2.05) is 53.4 Å². The van der Waals surface area contributed by atoms with Crippen LogP contribution in [0.3, 0.4) is 0 Å². The molecule has 142 valence electrons. The van der Waals surface area contributed by atoms with E-state index >= 15 is 0 Å². The molecule has 2 atom stereocenters. The number of carbonyl (C=O) groups excluding carboxylic acids is 1. The summed E-state index contributed by atoms with van der Waals surface area (Å²) in [5.74, 6) is -0.344. The van der Waals surface area contributed by atoms with Gasteiger partial charge in [0.2, 0.25) is 0 Å². The Balaban J connectivity index is 1.46. The van der Waals surface area contributed by atoms with Crippen LogP contribution >= 0.6 is 0 Å². The number of fused-ring (bicyclic) bond motifs is 5. The van der Waals surface area contributed by atoms with E-state index in [1.54, 1.807) is 0 Å². The van der Waals surface area contributed by atoms with Gasteiger partial charge in [0, 0.05) is 11.1 Å². The first-order chi connectivity index (χ1) is 12.9. The summed E-state index contributed by atoms with van der Waals surface area (Å²) >= 11 is 0. The maximum Gasteiger partial charge on any atom is 0.339 e. The second-order valence-corrected chi connectivity index (χ2v) is 7.98.